The van der Waals surface area contributed by atoms with Gasteiger partial charge in [-0.2, -0.15) is 0 Å². The summed E-state index contributed by atoms with van der Waals surface area (Å²) >= 11 is 0. The molecule has 2 aliphatic heterocycles. The van der Waals surface area contributed by atoms with E-state index in [4.69, 9.17) is 28.4 Å². The highest BCUT2D eigenvalue weighted by molar-refractivity contribution is 5.76. The fraction of sp³-hybridized carbons (Fsp3) is 0.618. The number of ether oxygens (including phenoxy) is 6. The van der Waals surface area contributed by atoms with Gasteiger partial charge in [0.05, 0.1) is 51.6 Å². The molecule has 0 unspecified atom stereocenters. The van der Waals surface area contributed by atoms with Crippen molar-refractivity contribution in [2.24, 2.45) is 5.92 Å². The van der Waals surface area contributed by atoms with Gasteiger partial charge >= 0.3 is 0 Å². The van der Waals surface area contributed by atoms with E-state index in [0.717, 1.165) is 60.7 Å². The average Bonchev–Trinajstić information content (AvgIpc) is 3.46. The number of likely N-dealkylation sites (N-methyl/N-ethyl adjacent to an activating group) is 1. The zero-order valence-corrected chi connectivity index (χ0v) is 26.6. The van der Waals surface area contributed by atoms with Crippen molar-refractivity contribution in [2.75, 3.05) is 53.9 Å². The highest BCUT2D eigenvalue weighted by Gasteiger charge is 2.28. The van der Waals surface area contributed by atoms with Crippen molar-refractivity contribution in [3.63, 3.8) is 0 Å². The second kappa shape index (κ2) is 16.9. The van der Waals surface area contributed by atoms with Gasteiger partial charge in [0.15, 0.2) is 11.5 Å². The van der Waals surface area contributed by atoms with Crippen molar-refractivity contribution < 1.29 is 33.2 Å². The maximum Gasteiger partial charge on any atom is 0.231 e. The average molecular weight is 599 g/mol. The van der Waals surface area contributed by atoms with Crippen LogP contribution in [0.5, 0.6) is 17.2 Å². The molecule has 0 N–H and O–H groups in total. The molecule has 2 aliphatic rings. The van der Waals surface area contributed by atoms with Crippen molar-refractivity contribution in [1.82, 2.24) is 9.80 Å². The number of hydrogen-bond acceptors (Lipinski definition) is 8. The maximum atomic E-state index is 13.5. The Morgan fingerprint density at radius 3 is 2.56 bits per heavy atom. The molecule has 1 fully saturated rings. The summed E-state index contributed by atoms with van der Waals surface area (Å²) in [6.07, 6.45) is 3.44. The third-order valence-corrected chi connectivity index (χ3v) is 8.19. The first-order valence-corrected chi connectivity index (χ1v) is 15.6. The van der Waals surface area contributed by atoms with Crippen molar-refractivity contribution in [3.05, 3.63) is 53.6 Å². The Bertz CT molecular complexity index is 1130. The predicted molar refractivity (Wildman–Crippen MR) is 166 cm³/mol. The number of methoxy groups -OCH3 is 1. The van der Waals surface area contributed by atoms with E-state index >= 15 is 0 Å². The molecule has 4 rings (SSSR count). The molecule has 9 heteroatoms. The van der Waals surface area contributed by atoms with E-state index in [1.54, 1.807) is 7.11 Å². The van der Waals surface area contributed by atoms with Crippen LogP contribution < -0.4 is 14.2 Å². The minimum absolute atomic E-state index is 0.0293. The van der Waals surface area contributed by atoms with E-state index in [9.17, 15) is 4.79 Å². The smallest absolute Gasteiger partial charge is 0.231 e. The fourth-order valence-corrected chi connectivity index (χ4v) is 5.58. The molecule has 2 heterocycles. The molecule has 0 radical (unpaired) electrons. The first-order valence-electron chi connectivity index (χ1n) is 15.6. The zero-order chi connectivity index (χ0) is 30.6. The standard InChI is InChI=1S/C34H50N2O7/c1-25-19-36(26(2)22-39-23-28-9-12-30(38-5)13-10-28)34(37)15-17-40-27(3)8-6-7-16-41-33(25)21-35(4)20-29-11-14-31-32(18-29)43-24-42-31/h9-14,18,25-27,33H,6-8,15-17,19-24H2,1-5H3/t25-,26+,27-,33+/m1/s1. The maximum absolute atomic E-state index is 13.5. The van der Waals surface area contributed by atoms with Gasteiger partial charge in [-0.25, -0.2) is 0 Å². The van der Waals surface area contributed by atoms with Crippen LogP contribution in [0.2, 0.25) is 0 Å². The fourth-order valence-electron chi connectivity index (χ4n) is 5.58. The lowest BCUT2D eigenvalue weighted by molar-refractivity contribution is -0.138. The van der Waals surface area contributed by atoms with E-state index < -0.39 is 0 Å². The van der Waals surface area contributed by atoms with Crippen molar-refractivity contribution >= 4 is 5.91 Å². The van der Waals surface area contributed by atoms with Gasteiger partial charge in [-0.3, -0.25) is 9.69 Å². The summed E-state index contributed by atoms with van der Waals surface area (Å²) in [4.78, 5) is 17.8. The molecule has 0 aromatic heterocycles. The Morgan fingerprint density at radius 2 is 1.77 bits per heavy atom. The van der Waals surface area contributed by atoms with Crippen LogP contribution in [0.15, 0.2) is 42.5 Å². The number of hydrogen-bond donors (Lipinski definition) is 0. The van der Waals surface area contributed by atoms with Crippen LogP contribution in [0.4, 0.5) is 0 Å². The van der Waals surface area contributed by atoms with Crippen molar-refractivity contribution in [1.29, 1.82) is 0 Å². The molecule has 2 aromatic carbocycles. The number of fused-ring (bicyclic) bond motifs is 1. The molecular weight excluding hydrogens is 548 g/mol. The predicted octanol–water partition coefficient (Wildman–Crippen LogP) is 5.29. The van der Waals surface area contributed by atoms with E-state index in [2.05, 4.69) is 38.8 Å². The molecule has 9 nitrogen and oxygen atoms in total. The Labute approximate surface area is 257 Å². The molecule has 43 heavy (non-hydrogen) atoms. The van der Waals surface area contributed by atoms with Crippen LogP contribution in [0.1, 0.15) is 57.6 Å². The lowest BCUT2D eigenvalue weighted by Crippen LogP contribution is -2.47. The van der Waals surface area contributed by atoms with Crippen LogP contribution in [-0.4, -0.2) is 87.8 Å². The Kier molecular flexibility index (Phi) is 13.0. The first kappa shape index (κ1) is 33.1. The molecular formula is C34H50N2O7. The molecule has 0 bridgehead atoms. The van der Waals surface area contributed by atoms with E-state index in [1.807, 2.05) is 41.3 Å². The number of rotatable bonds is 10. The number of carbonyl (C=O) groups is 1. The van der Waals surface area contributed by atoms with Gasteiger partial charge < -0.3 is 33.3 Å². The largest absolute Gasteiger partial charge is 0.497 e. The minimum atomic E-state index is -0.0921. The highest BCUT2D eigenvalue weighted by Crippen LogP contribution is 2.33. The van der Waals surface area contributed by atoms with E-state index in [-0.39, 0.29) is 36.9 Å². The summed E-state index contributed by atoms with van der Waals surface area (Å²) in [5.74, 6) is 2.61. The quantitative estimate of drug-likeness (QED) is 0.365. The monoisotopic (exact) mass is 598 g/mol. The Balaban J connectivity index is 1.40. The van der Waals surface area contributed by atoms with Gasteiger partial charge in [0.25, 0.3) is 0 Å². The van der Waals surface area contributed by atoms with Crippen LogP contribution in [0, 0.1) is 5.92 Å². The number of amides is 1. The topological polar surface area (TPSA) is 78.9 Å². The van der Waals surface area contributed by atoms with E-state index in [1.165, 1.54) is 0 Å². The molecule has 238 valence electrons. The number of benzene rings is 2. The van der Waals surface area contributed by atoms with Crippen LogP contribution in [0.25, 0.3) is 0 Å². The van der Waals surface area contributed by atoms with Crippen molar-refractivity contribution in [2.45, 2.75) is 77.9 Å². The third-order valence-electron chi connectivity index (χ3n) is 8.19. The molecule has 2 aromatic rings. The van der Waals surface area contributed by atoms with Gasteiger partial charge in [-0.05, 0) is 75.5 Å². The Hall–Kier alpha value is -2.85. The van der Waals surface area contributed by atoms with Gasteiger partial charge in [-0.15, -0.1) is 0 Å². The lowest BCUT2D eigenvalue weighted by Gasteiger charge is -2.36. The molecule has 0 spiro atoms. The second-order valence-electron chi connectivity index (χ2n) is 12.0. The highest BCUT2D eigenvalue weighted by atomic mass is 16.7. The Morgan fingerprint density at radius 1 is 1.00 bits per heavy atom. The van der Waals surface area contributed by atoms with Crippen LogP contribution in [0.3, 0.4) is 0 Å². The molecule has 4 atom stereocenters. The van der Waals surface area contributed by atoms with Gasteiger partial charge in [-0.1, -0.05) is 25.1 Å². The lowest BCUT2D eigenvalue weighted by atomic mass is 10.0. The first-order chi connectivity index (χ1) is 20.8. The summed E-state index contributed by atoms with van der Waals surface area (Å²) in [5.41, 5.74) is 2.23. The zero-order valence-electron chi connectivity index (χ0n) is 26.6. The minimum Gasteiger partial charge on any atom is -0.497 e. The van der Waals surface area contributed by atoms with Crippen LogP contribution >= 0.6 is 0 Å². The third kappa shape index (κ3) is 10.4. The summed E-state index contributed by atoms with van der Waals surface area (Å²) in [6, 6.07) is 13.9. The van der Waals surface area contributed by atoms with E-state index in [0.29, 0.717) is 39.4 Å². The second-order valence-corrected chi connectivity index (χ2v) is 12.0. The number of carbonyl (C=O) groups excluding carboxylic acids is 1. The normalized spacial score (nSPS) is 22.8. The molecule has 1 amide bonds. The summed E-state index contributed by atoms with van der Waals surface area (Å²) < 4.78 is 34.9. The molecule has 0 aliphatic carbocycles. The molecule has 1 saturated heterocycles. The van der Waals surface area contributed by atoms with Gasteiger partial charge in [0.1, 0.15) is 5.75 Å². The number of nitrogens with zero attached hydrogens (tertiary/aromatic N) is 2. The van der Waals surface area contributed by atoms with Crippen molar-refractivity contribution in [3.8, 4) is 17.2 Å². The summed E-state index contributed by atoms with van der Waals surface area (Å²) in [6.45, 7) is 10.7. The molecule has 0 saturated carbocycles. The SMILES string of the molecule is COc1ccc(COC[C@H](C)N2C[C@@H](C)[C@H](CN(C)Cc3ccc4c(c3)OCO4)OCCCC[C@@H](C)OCCC2=O)cc1. The van der Waals surface area contributed by atoms with Gasteiger partial charge in [0, 0.05) is 32.2 Å². The summed E-state index contributed by atoms with van der Waals surface area (Å²) in [7, 11) is 3.77. The summed E-state index contributed by atoms with van der Waals surface area (Å²) in [5, 5.41) is 0. The van der Waals surface area contributed by atoms with Crippen LogP contribution in [-0.2, 0) is 32.2 Å². The van der Waals surface area contributed by atoms with Gasteiger partial charge in [0.2, 0.25) is 12.7 Å².